The van der Waals surface area contributed by atoms with E-state index in [9.17, 15) is 4.39 Å². The molecule has 0 aliphatic heterocycles. The Morgan fingerprint density at radius 1 is 1.16 bits per heavy atom. The molecule has 0 bridgehead atoms. The van der Waals surface area contributed by atoms with Gasteiger partial charge in [0.15, 0.2) is 0 Å². The molecule has 0 radical (unpaired) electrons. The molecule has 0 amide bonds. The number of halogens is 1. The van der Waals surface area contributed by atoms with Crippen LogP contribution in [0.2, 0.25) is 0 Å². The third-order valence-electron chi connectivity index (χ3n) is 4.16. The number of hydrogen-bond acceptors (Lipinski definition) is 1. The normalized spacial score (nSPS) is 23.4. The Morgan fingerprint density at radius 3 is 2.42 bits per heavy atom. The Labute approximate surface area is 114 Å². The third kappa shape index (κ3) is 4.21. The topological polar surface area (TPSA) is 23.8 Å². The lowest BCUT2D eigenvalue weighted by molar-refractivity contribution is 0.295. The smallest absolute Gasteiger partial charge is 0.0991 e. The van der Waals surface area contributed by atoms with Gasteiger partial charge in [-0.15, -0.1) is 0 Å². The summed E-state index contributed by atoms with van der Waals surface area (Å²) in [5.41, 5.74) is 2.03. The number of benzene rings is 1. The summed E-state index contributed by atoms with van der Waals surface area (Å²) >= 11 is 0. The molecule has 0 spiro atoms. The lowest BCUT2D eigenvalue weighted by Gasteiger charge is -2.26. The molecule has 1 saturated carbocycles. The summed E-state index contributed by atoms with van der Waals surface area (Å²) in [6.07, 6.45) is 9.37. The molecule has 1 nitrogen and oxygen atoms in total. The van der Waals surface area contributed by atoms with Crippen LogP contribution in [0.25, 0.3) is 0 Å². The van der Waals surface area contributed by atoms with Crippen molar-refractivity contribution in [2.75, 3.05) is 0 Å². The predicted molar refractivity (Wildman–Crippen MR) is 75.2 cm³/mol. The molecule has 19 heavy (non-hydrogen) atoms. The van der Waals surface area contributed by atoms with Gasteiger partial charge in [-0.25, -0.2) is 4.39 Å². The highest BCUT2D eigenvalue weighted by Gasteiger charge is 2.19. The van der Waals surface area contributed by atoms with E-state index in [1.54, 1.807) is 6.08 Å². The van der Waals surface area contributed by atoms with E-state index in [4.69, 9.17) is 5.26 Å². The number of rotatable bonds is 4. The van der Waals surface area contributed by atoms with Crippen LogP contribution in [0.15, 0.2) is 36.7 Å². The van der Waals surface area contributed by atoms with Crippen LogP contribution in [0.5, 0.6) is 0 Å². The molecule has 0 atom stereocenters. The summed E-state index contributed by atoms with van der Waals surface area (Å²) in [4.78, 5) is 0. The second-order valence-corrected chi connectivity index (χ2v) is 5.45. The first-order valence-corrected chi connectivity index (χ1v) is 7.07. The van der Waals surface area contributed by atoms with Gasteiger partial charge in [-0.1, -0.05) is 18.2 Å². The monoisotopic (exact) mass is 257 g/mol. The molecule has 1 aliphatic carbocycles. The van der Waals surface area contributed by atoms with Gasteiger partial charge in [-0.3, -0.25) is 0 Å². The molecule has 100 valence electrons. The van der Waals surface area contributed by atoms with Crippen molar-refractivity contribution in [3.05, 3.63) is 47.8 Å². The molecule has 0 heterocycles. The molecule has 0 aromatic heterocycles. The van der Waals surface area contributed by atoms with Gasteiger partial charge < -0.3 is 0 Å². The van der Waals surface area contributed by atoms with Crippen LogP contribution < -0.4 is 0 Å². The SMILES string of the molecule is N#Cc1ccc(CCC2CCC(/C=C/F)CC2)cc1. The van der Waals surface area contributed by atoms with E-state index in [-0.39, 0.29) is 0 Å². The summed E-state index contributed by atoms with van der Waals surface area (Å²) in [6, 6.07) is 10.0. The van der Waals surface area contributed by atoms with Crippen LogP contribution in [0.4, 0.5) is 4.39 Å². The molecular formula is C17H20FN. The lowest BCUT2D eigenvalue weighted by atomic mass is 9.79. The van der Waals surface area contributed by atoms with Gasteiger partial charge in [0.05, 0.1) is 18.0 Å². The van der Waals surface area contributed by atoms with E-state index in [2.05, 4.69) is 18.2 Å². The van der Waals surface area contributed by atoms with E-state index in [0.717, 1.165) is 30.7 Å². The summed E-state index contributed by atoms with van der Waals surface area (Å²) in [6.45, 7) is 0. The van der Waals surface area contributed by atoms with Crippen LogP contribution in [0.3, 0.4) is 0 Å². The first kappa shape index (κ1) is 13.8. The van der Waals surface area contributed by atoms with Crippen molar-refractivity contribution < 1.29 is 4.39 Å². The molecule has 0 N–H and O–H groups in total. The predicted octanol–water partition coefficient (Wildman–Crippen LogP) is 4.78. The Kier molecular flexibility index (Phi) is 5.15. The van der Waals surface area contributed by atoms with E-state index in [0.29, 0.717) is 12.2 Å². The maximum atomic E-state index is 12.1. The second-order valence-electron chi connectivity index (χ2n) is 5.45. The minimum Gasteiger partial charge on any atom is -0.216 e. The van der Waals surface area contributed by atoms with Crippen molar-refractivity contribution in [2.24, 2.45) is 11.8 Å². The minimum absolute atomic E-state index is 0.455. The average molecular weight is 257 g/mol. The molecule has 1 aromatic carbocycles. The number of aryl methyl sites for hydroxylation is 1. The highest BCUT2D eigenvalue weighted by molar-refractivity contribution is 5.31. The van der Waals surface area contributed by atoms with E-state index >= 15 is 0 Å². The molecule has 0 saturated heterocycles. The molecule has 1 aromatic rings. The minimum atomic E-state index is 0.455. The van der Waals surface area contributed by atoms with Crippen LogP contribution in [0.1, 0.15) is 43.2 Å². The van der Waals surface area contributed by atoms with Gasteiger partial charge in [-0.05, 0) is 68.1 Å². The molecule has 1 aliphatic rings. The van der Waals surface area contributed by atoms with Crippen molar-refractivity contribution >= 4 is 0 Å². The summed E-state index contributed by atoms with van der Waals surface area (Å²) in [5, 5.41) is 8.75. The van der Waals surface area contributed by atoms with Crippen LogP contribution in [-0.4, -0.2) is 0 Å². The summed E-state index contributed by atoms with van der Waals surface area (Å²) in [5.74, 6) is 1.23. The fourth-order valence-corrected chi connectivity index (χ4v) is 2.89. The number of nitrogens with zero attached hydrogens (tertiary/aromatic N) is 1. The zero-order valence-electron chi connectivity index (χ0n) is 11.2. The summed E-state index contributed by atoms with van der Waals surface area (Å²) in [7, 11) is 0. The molecule has 0 unspecified atom stereocenters. The van der Waals surface area contributed by atoms with Crippen molar-refractivity contribution in [1.82, 2.24) is 0 Å². The second kappa shape index (κ2) is 7.09. The maximum absolute atomic E-state index is 12.1. The first-order valence-electron chi connectivity index (χ1n) is 7.07. The van der Waals surface area contributed by atoms with Gasteiger partial charge >= 0.3 is 0 Å². The molecular weight excluding hydrogens is 237 g/mol. The molecule has 1 fully saturated rings. The zero-order valence-corrected chi connectivity index (χ0v) is 11.2. The van der Waals surface area contributed by atoms with Gasteiger partial charge in [0.1, 0.15) is 0 Å². The average Bonchev–Trinajstić information content (AvgIpc) is 2.47. The number of hydrogen-bond donors (Lipinski definition) is 0. The van der Waals surface area contributed by atoms with Crippen LogP contribution in [0, 0.1) is 23.2 Å². The van der Waals surface area contributed by atoms with Gasteiger partial charge in [0.2, 0.25) is 0 Å². The lowest BCUT2D eigenvalue weighted by Crippen LogP contribution is -2.13. The van der Waals surface area contributed by atoms with Gasteiger partial charge in [0, 0.05) is 0 Å². The highest BCUT2D eigenvalue weighted by Crippen LogP contribution is 2.32. The van der Waals surface area contributed by atoms with Crippen molar-refractivity contribution in [1.29, 1.82) is 5.26 Å². The van der Waals surface area contributed by atoms with Crippen molar-refractivity contribution in [3.8, 4) is 6.07 Å². The number of nitriles is 1. The number of allylic oxidation sites excluding steroid dienone is 1. The first-order chi connectivity index (χ1) is 9.31. The van der Waals surface area contributed by atoms with E-state index in [1.165, 1.54) is 24.8 Å². The van der Waals surface area contributed by atoms with Gasteiger partial charge in [0.25, 0.3) is 0 Å². The van der Waals surface area contributed by atoms with Crippen LogP contribution >= 0.6 is 0 Å². The maximum Gasteiger partial charge on any atom is 0.0991 e. The Balaban J connectivity index is 1.75. The largest absolute Gasteiger partial charge is 0.216 e. The Bertz CT molecular complexity index is 447. The van der Waals surface area contributed by atoms with Crippen molar-refractivity contribution in [3.63, 3.8) is 0 Å². The molecule has 2 heteroatoms. The summed E-state index contributed by atoms with van der Waals surface area (Å²) < 4.78 is 12.1. The van der Waals surface area contributed by atoms with E-state index in [1.807, 2.05) is 12.1 Å². The fourth-order valence-electron chi connectivity index (χ4n) is 2.89. The highest BCUT2D eigenvalue weighted by atomic mass is 19.1. The Hall–Kier alpha value is -1.62. The van der Waals surface area contributed by atoms with Crippen LogP contribution in [-0.2, 0) is 6.42 Å². The molecule has 2 rings (SSSR count). The quantitative estimate of drug-likeness (QED) is 0.761. The van der Waals surface area contributed by atoms with E-state index < -0.39 is 0 Å². The third-order valence-corrected chi connectivity index (χ3v) is 4.16. The fraction of sp³-hybridized carbons (Fsp3) is 0.471. The standard InChI is InChI=1S/C17H20FN/c18-12-11-16-5-3-14(4-6-16)1-2-15-7-9-17(13-19)10-8-15/h7-12,14,16H,1-6H2/b12-11+. The Morgan fingerprint density at radius 2 is 1.84 bits per heavy atom. The van der Waals surface area contributed by atoms with Gasteiger partial charge in [-0.2, -0.15) is 5.26 Å². The van der Waals surface area contributed by atoms with Crippen molar-refractivity contribution in [2.45, 2.75) is 38.5 Å². The zero-order chi connectivity index (χ0) is 13.5.